The molecule has 0 bridgehead atoms. The minimum atomic E-state index is -4.66. The lowest BCUT2D eigenvalue weighted by Gasteiger charge is -2.23. The van der Waals surface area contributed by atoms with E-state index in [1.165, 1.54) is 12.4 Å². The van der Waals surface area contributed by atoms with E-state index in [1.54, 1.807) is 0 Å². The standard InChI is InChI=1S/C20H17F6N7O/c21-19(22,23)11-4-5-15(33-29-6-7-30-33)12(8-11)18(34)32-14-3-1-2-13(14)31-17-10-27-16(9-28-17)20(24,25)26/h4-10,13-14H,1-3H2,(H,28,31)(H,32,34)/t13-,14?/m0/s1. The van der Waals surface area contributed by atoms with Crippen LogP contribution in [0.25, 0.3) is 5.69 Å². The van der Waals surface area contributed by atoms with Gasteiger partial charge in [-0.2, -0.15) is 41.3 Å². The van der Waals surface area contributed by atoms with E-state index >= 15 is 0 Å². The van der Waals surface area contributed by atoms with Crippen molar-refractivity contribution in [3.8, 4) is 5.69 Å². The molecule has 14 heteroatoms. The molecule has 1 unspecified atom stereocenters. The van der Waals surface area contributed by atoms with Gasteiger partial charge in [-0.05, 0) is 37.5 Å². The molecule has 1 aliphatic carbocycles. The van der Waals surface area contributed by atoms with Crippen LogP contribution in [0.1, 0.15) is 40.9 Å². The smallest absolute Gasteiger partial charge is 0.364 e. The van der Waals surface area contributed by atoms with Crippen molar-refractivity contribution in [3.63, 3.8) is 0 Å². The van der Waals surface area contributed by atoms with Crippen molar-refractivity contribution >= 4 is 11.7 Å². The third-order valence-corrected chi connectivity index (χ3v) is 5.31. The highest BCUT2D eigenvalue weighted by Crippen LogP contribution is 2.32. The third-order valence-electron chi connectivity index (χ3n) is 5.31. The Morgan fingerprint density at radius 1 is 0.941 bits per heavy atom. The van der Waals surface area contributed by atoms with E-state index in [-0.39, 0.29) is 17.1 Å². The van der Waals surface area contributed by atoms with Gasteiger partial charge in [0, 0.05) is 12.1 Å². The molecule has 34 heavy (non-hydrogen) atoms. The van der Waals surface area contributed by atoms with Crippen LogP contribution in [0.15, 0.2) is 43.0 Å². The predicted molar refractivity (Wildman–Crippen MR) is 106 cm³/mol. The largest absolute Gasteiger partial charge is 0.434 e. The molecule has 4 rings (SSSR count). The number of nitrogens with zero attached hydrogens (tertiary/aromatic N) is 5. The molecule has 2 N–H and O–H groups in total. The Morgan fingerprint density at radius 2 is 1.65 bits per heavy atom. The number of aromatic nitrogens is 5. The average Bonchev–Trinajstić information content (AvgIpc) is 3.45. The van der Waals surface area contributed by atoms with Crippen LogP contribution >= 0.6 is 0 Å². The summed E-state index contributed by atoms with van der Waals surface area (Å²) in [6.07, 6.45) is -3.37. The SMILES string of the molecule is O=C(NC1CCC[C@@H]1Nc1cnc(C(F)(F)F)cn1)c1cc(C(F)(F)F)ccc1-n1nccn1. The average molecular weight is 485 g/mol. The van der Waals surface area contributed by atoms with Crippen LogP contribution in [0.5, 0.6) is 0 Å². The van der Waals surface area contributed by atoms with Crippen LogP contribution in [0, 0.1) is 0 Å². The summed E-state index contributed by atoms with van der Waals surface area (Å²) >= 11 is 0. The maximum atomic E-state index is 13.3. The first kappa shape index (κ1) is 23.4. The number of rotatable bonds is 5. The summed E-state index contributed by atoms with van der Waals surface area (Å²) in [4.78, 5) is 21.1. The molecule has 8 nitrogen and oxygen atoms in total. The molecule has 0 radical (unpaired) electrons. The monoisotopic (exact) mass is 485 g/mol. The van der Waals surface area contributed by atoms with Crippen LogP contribution < -0.4 is 10.6 Å². The zero-order chi connectivity index (χ0) is 24.5. The van der Waals surface area contributed by atoms with E-state index in [2.05, 4.69) is 30.8 Å². The summed E-state index contributed by atoms with van der Waals surface area (Å²) in [6, 6.07) is 1.75. The number of hydrogen-bond acceptors (Lipinski definition) is 6. The van der Waals surface area contributed by atoms with Gasteiger partial charge in [-0.3, -0.25) is 4.79 Å². The molecule has 1 aromatic carbocycles. The maximum absolute atomic E-state index is 13.3. The van der Waals surface area contributed by atoms with Gasteiger partial charge in [0.15, 0.2) is 5.69 Å². The van der Waals surface area contributed by atoms with Gasteiger partial charge >= 0.3 is 12.4 Å². The highest BCUT2D eigenvalue weighted by molar-refractivity contribution is 5.98. The van der Waals surface area contributed by atoms with Crippen LogP contribution in [0.3, 0.4) is 0 Å². The third kappa shape index (κ3) is 5.10. The van der Waals surface area contributed by atoms with E-state index in [9.17, 15) is 31.1 Å². The molecule has 2 heterocycles. The lowest BCUT2D eigenvalue weighted by molar-refractivity contribution is -0.141. The summed E-state index contributed by atoms with van der Waals surface area (Å²) in [5.41, 5.74) is -2.36. The van der Waals surface area contributed by atoms with Crippen LogP contribution in [0.4, 0.5) is 32.2 Å². The minimum Gasteiger partial charge on any atom is -0.364 e. The number of carbonyl (C=O) groups excluding carboxylic acids is 1. The quantitative estimate of drug-likeness (QED) is 0.533. The second-order valence-electron chi connectivity index (χ2n) is 7.59. The van der Waals surface area contributed by atoms with Crippen molar-refractivity contribution < 1.29 is 31.1 Å². The van der Waals surface area contributed by atoms with Crippen molar-refractivity contribution in [2.45, 2.75) is 43.7 Å². The number of carbonyl (C=O) groups is 1. The molecule has 1 aliphatic rings. The normalized spacial score (nSPS) is 18.6. The Balaban J connectivity index is 1.53. The fraction of sp³-hybridized carbons (Fsp3) is 0.350. The van der Waals surface area contributed by atoms with Crippen molar-refractivity contribution in [1.82, 2.24) is 30.3 Å². The minimum absolute atomic E-state index is 0.0617. The van der Waals surface area contributed by atoms with Crippen LogP contribution in [0.2, 0.25) is 0 Å². The molecule has 3 aromatic rings. The Bertz CT molecular complexity index is 1150. The lowest BCUT2D eigenvalue weighted by Crippen LogP contribution is -2.43. The maximum Gasteiger partial charge on any atom is 0.434 e. The number of anilines is 1. The molecular weight excluding hydrogens is 468 g/mol. The first-order chi connectivity index (χ1) is 16.0. The van der Waals surface area contributed by atoms with Crippen molar-refractivity contribution in [2.24, 2.45) is 0 Å². The summed E-state index contributed by atoms with van der Waals surface area (Å²) in [5, 5.41) is 13.4. The molecule has 0 spiro atoms. The number of nitrogens with one attached hydrogen (secondary N) is 2. The van der Waals surface area contributed by atoms with E-state index in [0.29, 0.717) is 25.5 Å². The number of halogens is 6. The molecule has 1 saturated carbocycles. The Kier molecular flexibility index (Phi) is 6.15. The molecule has 0 saturated heterocycles. The highest BCUT2D eigenvalue weighted by Gasteiger charge is 2.35. The predicted octanol–water partition coefficient (Wildman–Crippen LogP) is 3.86. The number of hydrogen-bond donors (Lipinski definition) is 2. The fourth-order valence-electron chi connectivity index (χ4n) is 3.70. The summed E-state index contributed by atoms with van der Waals surface area (Å²) in [7, 11) is 0. The molecule has 180 valence electrons. The molecule has 2 aromatic heterocycles. The van der Waals surface area contributed by atoms with Crippen molar-refractivity contribution in [1.29, 1.82) is 0 Å². The first-order valence-corrected chi connectivity index (χ1v) is 10.1. The van der Waals surface area contributed by atoms with Crippen molar-refractivity contribution in [2.75, 3.05) is 5.32 Å². The summed E-state index contributed by atoms with van der Waals surface area (Å²) in [5.74, 6) is -0.685. The van der Waals surface area contributed by atoms with Crippen molar-refractivity contribution in [3.05, 3.63) is 59.8 Å². The van der Waals surface area contributed by atoms with Gasteiger partial charge in [0.2, 0.25) is 0 Å². The van der Waals surface area contributed by atoms with E-state index < -0.39 is 41.6 Å². The van der Waals surface area contributed by atoms with Crippen LogP contribution in [-0.4, -0.2) is 43.0 Å². The van der Waals surface area contributed by atoms with Gasteiger partial charge < -0.3 is 10.6 Å². The second-order valence-corrected chi connectivity index (χ2v) is 7.59. The van der Waals surface area contributed by atoms with E-state index in [4.69, 9.17) is 0 Å². The van der Waals surface area contributed by atoms with E-state index in [1.807, 2.05) is 0 Å². The first-order valence-electron chi connectivity index (χ1n) is 10.1. The van der Waals surface area contributed by atoms with Gasteiger partial charge in [0.05, 0.1) is 41.6 Å². The summed E-state index contributed by atoms with van der Waals surface area (Å²) in [6.45, 7) is 0. The zero-order valence-corrected chi connectivity index (χ0v) is 17.2. The number of benzene rings is 1. The van der Waals surface area contributed by atoms with Gasteiger partial charge in [0.25, 0.3) is 5.91 Å². The van der Waals surface area contributed by atoms with Gasteiger partial charge in [-0.25, -0.2) is 9.97 Å². The highest BCUT2D eigenvalue weighted by atomic mass is 19.4. The Morgan fingerprint density at radius 3 is 2.26 bits per heavy atom. The molecular formula is C20H17F6N7O. The van der Waals surface area contributed by atoms with Gasteiger partial charge in [0.1, 0.15) is 5.82 Å². The molecule has 2 atom stereocenters. The fourth-order valence-corrected chi connectivity index (χ4v) is 3.70. The number of alkyl halides is 6. The topological polar surface area (TPSA) is 97.6 Å². The molecule has 0 aliphatic heterocycles. The van der Waals surface area contributed by atoms with Gasteiger partial charge in [-0.1, -0.05) is 0 Å². The van der Waals surface area contributed by atoms with Crippen LogP contribution in [-0.2, 0) is 12.4 Å². The number of amides is 1. The molecule has 1 fully saturated rings. The Labute approximate surface area is 188 Å². The molecule has 1 amide bonds. The lowest BCUT2D eigenvalue weighted by atomic mass is 10.1. The summed E-state index contributed by atoms with van der Waals surface area (Å²) < 4.78 is 77.8. The van der Waals surface area contributed by atoms with Gasteiger partial charge in [-0.15, -0.1) is 0 Å². The van der Waals surface area contributed by atoms with E-state index in [0.717, 1.165) is 29.2 Å². The Hall–Kier alpha value is -3.71. The second kappa shape index (κ2) is 8.91. The zero-order valence-electron chi connectivity index (χ0n) is 17.2.